The summed E-state index contributed by atoms with van der Waals surface area (Å²) < 4.78 is 35.0. The molecule has 224 valence electrons. The molecule has 43 heavy (non-hydrogen) atoms. The minimum absolute atomic E-state index is 0.0130. The molecule has 4 aromatic rings. The van der Waals surface area contributed by atoms with Crippen molar-refractivity contribution in [1.82, 2.24) is 10.2 Å². The molecule has 0 radical (unpaired) electrons. The molecule has 0 heterocycles. The van der Waals surface area contributed by atoms with Gasteiger partial charge < -0.3 is 15.0 Å². The Labute approximate surface area is 257 Å². The maximum Gasteiger partial charge on any atom is 0.264 e. The van der Waals surface area contributed by atoms with Crippen LogP contribution in [-0.4, -0.2) is 44.3 Å². The average molecular weight is 620 g/mol. The fraction of sp³-hybridized carbons (Fsp3) is 0.212. The van der Waals surface area contributed by atoms with Gasteiger partial charge in [-0.3, -0.25) is 13.9 Å². The predicted molar refractivity (Wildman–Crippen MR) is 169 cm³/mol. The Morgan fingerprint density at radius 1 is 0.860 bits per heavy atom. The minimum Gasteiger partial charge on any atom is -0.457 e. The highest BCUT2D eigenvalue weighted by Crippen LogP contribution is 2.29. The van der Waals surface area contributed by atoms with E-state index in [1.165, 1.54) is 17.0 Å². The smallest absolute Gasteiger partial charge is 0.264 e. The van der Waals surface area contributed by atoms with Gasteiger partial charge in [0.15, 0.2) is 0 Å². The molecular weight excluding hydrogens is 586 g/mol. The molecule has 0 saturated carbocycles. The minimum atomic E-state index is -4.19. The zero-order valence-electron chi connectivity index (χ0n) is 24.2. The van der Waals surface area contributed by atoms with Gasteiger partial charge in [0, 0.05) is 18.1 Å². The Balaban J connectivity index is 1.71. The molecule has 0 saturated heterocycles. The quantitative estimate of drug-likeness (QED) is 0.204. The van der Waals surface area contributed by atoms with Crippen molar-refractivity contribution >= 4 is 39.1 Å². The van der Waals surface area contributed by atoms with Crippen LogP contribution < -0.4 is 14.4 Å². The molecule has 8 nitrogen and oxygen atoms in total. The van der Waals surface area contributed by atoms with Gasteiger partial charge in [0.25, 0.3) is 10.0 Å². The molecule has 0 aromatic heterocycles. The number of para-hydroxylation sites is 1. The zero-order chi connectivity index (χ0) is 31.0. The number of hydrogen-bond donors (Lipinski definition) is 1. The normalized spacial score (nSPS) is 11.8. The lowest BCUT2D eigenvalue weighted by Crippen LogP contribution is -2.51. The fourth-order valence-corrected chi connectivity index (χ4v) is 6.00. The summed E-state index contributed by atoms with van der Waals surface area (Å²) in [6.45, 7) is 5.09. The number of anilines is 1. The van der Waals surface area contributed by atoms with Crippen molar-refractivity contribution < 1.29 is 22.7 Å². The van der Waals surface area contributed by atoms with Gasteiger partial charge in [0.05, 0.1) is 10.6 Å². The monoisotopic (exact) mass is 619 g/mol. The van der Waals surface area contributed by atoms with Gasteiger partial charge in [-0.15, -0.1) is 0 Å². The number of hydrogen-bond acceptors (Lipinski definition) is 5. The Bertz CT molecular complexity index is 1650. The Morgan fingerprint density at radius 2 is 1.47 bits per heavy atom. The van der Waals surface area contributed by atoms with Crippen LogP contribution in [0.4, 0.5) is 5.69 Å². The number of ether oxygens (including phenoxy) is 1. The van der Waals surface area contributed by atoms with E-state index >= 15 is 0 Å². The molecule has 0 aliphatic heterocycles. The molecule has 1 atom stereocenters. The van der Waals surface area contributed by atoms with E-state index < -0.39 is 28.5 Å². The van der Waals surface area contributed by atoms with Gasteiger partial charge in [-0.05, 0) is 80.9 Å². The van der Waals surface area contributed by atoms with Crippen molar-refractivity contribution in [2.75, 3.05) is 17.4 Å². The van der Waals surface area contributed by atoms with Crippen molar-refractivity contribution in [3.05, 3.63) is 119 Å². The zero-order valence-corrected chi connectivity index (χ0v) is 25.8. The predicted octanol–water partition coefficient (Wildman–Crippen LogP) is 6.19. The van der Waals surface area contributed by atoms with Gasteiger partial charge in [0.1, 0.15) is 24.1 Å². The van der Waals surface area contributed by atoms with E-state index in [0.717, 1.165) is 9.87 Å². The number of likely N-dealkylation sites (N-methyl/N-ethyl adjacent to an activating group) is 1. The van der Waals surface area contributed by atoms with Crippen molar-refractivity contribution in [2.45, 2.75) is 38.3 Å². The molecular formula is C33H34ClN3O5S. The molecule has 4 rings (SSSR count). The first-order valence-electron chi connectivity index (χ1n) is 13.8. The second-order valence-electron chi connectivity index (χ2n) is 9.92. The highest BCUT2D eigenvalue weighted by atomic mass is 35.5. The molecule has 0 unspecified atom stereocenters. The first-order chi connectivity index (χ1) is 20.6. The number of rotatable bonds is 12. The van der Waals surface area contributed by atoms with Crippen LogP contribution in [0.2, 0.25) is 5.02 Å². The van der Waals surface area contributed by atoms with Gasteiger partial charge in [-0.25, -0.2) is 8.42 Å². The largest absolute Gasteiger partial charge is 0.457 e. The number of halogens is 1. The van der Waals surface area contributed by atoms with Gasteiger partial charge in [0.2, 0.25) is 11.8 Å². The number of aryl methyl sites for hydroxylation is 1. The number of amides is 2. The second-order valence-corrected chi connectivity index (χ2v) is 12.2. The number of nitrogens with zero attached hydrogens (tertiary/aromatic N) is 2. The number of carbonyl (C=O) groups excluding carboxylic acids is 2. The standard InChI is InChI=1S/C33H34ClN3O5S/c1-4-35-33(39)25(3)36(22-26-10-8-9-13-31(26)34)32(38)23-37(43(40,41)30-20-14-24(2)15-21-30)27-16-18-29(19-17-27)42-28-11-6-5-7-12-28/h5-21,25H,4,22-23H2,1-3H3,(H,35,39)/t25-/m0/s1. The van der Waals surface area contributed by atoms with E-state index in [0.29, 0.717) is 28.6 Å². The van der Waals surface area contributed by atoms with Gasteiger partial charge >= 0.3 is 0 Å². The first-order valence-corrected chi connectivity index (χ1v) is 15.6. The van der Waals surface area contributed by atoms with E-state index in [-0.39, 0.29) is 23.0 Å². The Morgan fingerprint density at radius 3 is 2.09 bits per heavy atom. The lowest BCUT2D eigenvalue weighted by atomic mass is 10.1. The van der Waals surface area contributed by atoms with Crippen molar-refractivity contribution in [3.63, 3.8) is 0 Å². The number of benzene rings is 4. The summed E-state index contributed by atoms with van der Waals surface area (Å²) in [5, 5.41) is 3.17. The molecule has 10 heteroatoms. The van der Waals surface area contributed by atoms with Crippen LogP contribution in [0.3, 0.4) is 0 Å². The average Bonchev–Trinajstić information content (AvgIpc) is 3.00. The number of carbonyl (C=O) groups is 2. The summed E-state index contributed by atoms with van der Waals surface area (Å²) in [5.41, 5.74) is 1.78. The maximum absolute atomic E-state index is 14.0. The number of sulfonamides is 1. The molecule has 0 aliphatic rings. The third-order valence-electron chi connectivity index (χ3n) is 6.81. The molecule has 1 N–H and O–H groups in total. The van der Waals surface area contributed by atoms with Gasteiger partial charge in [-0.2, -0.15) is 0 Å². The third-order valence-corrected chi connectivity index (χ3v) is 8.97. The fourth-order valence-electron chi connectivity index (χ4n) is 4.39. The van der Waals surface area contributed by atoms with E-state index in [1.807, 2.05) is 37.3 Å². The Hall–Kier alpha value is -4.34. The van der Waals surface area contributed by atoms with Crippen LogP contribution >= 0.6 is 11.6 Å². The van der Waals surface area contributed by atoms with Crippen LogP contribution in [0.1, 0.15) is 25.0 Å². The molecule has 0 aliphatic carbocycles. The van der Waals surface area contributed by atoms with Crippen molar-refractivity contribution in [1.29, 1.82) is 0 Å². The number of nitrogens with one attached hydrogen (secondary N) is 1. The summed E-state index contributed by atoms with van der Waals surface area (Å²) >= 11 is 6.40. The van der Waals surface area contributed by atoms with E-state index in [9.17, 15) is 18.0 Å². The van der Waals surface area contributed by atoms with Crippen LogP contribution in [0.25, 0.3) is 0 Å². The molecule has 0 spiro atoms. The van der Waals surface area contributed by atoms with E-state index in [1.54, 1.807) is 74.5 Å². The summed E-state index contributed by atoms with van der Waals surface area (Å²) in [6.07, 6.45) is 0. The first kappa shape index (κ1) is 31.6. The summed E-state index contributed by atoms with van der Waals surface area (Å²) in [6, 6.07) is 28.2. The van der Waals surface area contributed by atoms with E-state index in [2.05, 4.69) is 5.32 Å². The molecule has 4 aromatic carbocycles. The van der Waals surface area contributed by atoms with Crippen molar-refractivity contribution in [3.8, 4) is 11.5 Å². The molecule has 2 amide bonds. The lowest BCUT2D eigenvalue weighted by molar-refractivity contribution is -0.139. The highest BCUT2D eigenvalue weighted by Gasteiger charge is 2.32. The Kier molecular flexibility index (Phi) is 10.4. The summed E-state index contributed by atoms with van der Waals surface area (Å²) in [5.74, 6) is 0.195. The third kappa shape index (κ3) is 7.94. The molecule has 0 fully saturated rings. The topological polar surface area (TPSA) is 96.0 Å². The van der Waals surface area contributed by atoms with Crippen LogP contribution in [0, 0.1) is 6.92 Å². The summed E-state index contributed by atoms with van der Waals surface area (Å²) in [4.78, 5) is 28.3. The van der Waals surface area contributed by atoms with Gasteiger partial charge in [-0.1, -0.05) is 65.7 Å². The highest BCUT2D eigenvalue weighted by molar-refractivity contribution is 7.92. The summed E-state index contributed by atoms with van der Waals surface area (Å²) in [7, 11) is -4.19. The van der Waals surface area contributed by atoms with Crippen LogP contribution in [0.15, 0.2) is 108 Å². The molecule has 0 bridgehead atoms. The second kappa shape index (κ2) is 14.2. The lowest BCUT2D eigenvalue weighted by Gasteiger charge is -2.32. The van der Waals surface area contributed by atoms with Crippen molar-refractivity contribution in [2.24, 2.45) is 0 Å². The SMILES string of the molecule is CCNC(=O)[C@H](C)N(Cc1ccccc1Cl)C(=O)CN(c1ccc(Oc2ccccc2)cc1)S(=O)(=O)c1ccc(C)cc1. The van der Waals surface area contributed by atoms with Crippen LogP contribution in [-0.2, 0) is 26.2 Å². The van der Waals surface area contributed by atoms with E-state index in [4.69, 9.17) is 16.3 Å². The maximum atomic E-state index is 14.0. The van der Waals surface area contributed by atoms with Crippen LogP contribution in [0.5, 0.6) is 11.5 Å².